The van der Waals surface area contributed by atoms with Gasteiger partial charge in [-0.15, -0.1) is 0 Å². The van der Waals surface area contributed by atoms with Gasteiger partial charge in [0.05, 0.1) is 0 Å². The van der Waals surface area contributed by atoms with Crippen LogP contribution in [0.25, 0.3) is 0 Å². The van der Waals surface area contributed by atoms with Crippen LogP contribution in [0.3, 0.4) is 0 Å². The van der Waals surface area contributed by atoms with Gasteiger partial charge in [0.15, 0.2) is 0 Å². The van der Waals surface area contributed by atoms with Gasteiger partial charge in [-0.2, -0.15) is 5.26 Å². The zero-order chi connectivity index (χ0) is 2.71. The molecule has 0 spiro atoms. The van der Waals surface area contributed by atoms with Crippen molar-refractivity contribution < 1.29 is 128 Å². The summed E-state index contributed by atoms with van der Waals surface area (Å²) in [6.07, 6.45) is 0. The van der Waals surface area contributed by atoms with Gasteiger partial charge < -0.3 is 25.4 Å². The summed E-state index contributed by atoms with van der Waals surface area (Å²) < 4.78 is 0. The predicted octanol–water partition coefficient (Wildman–Crippen LogP) is -8.48. The Morgan fingerprint density at radius 2 is 1.50 bits per heavy atom. The van der Waals surface area contributed by atoms with E-state index in [2.05, 4.69) is 12.6 Å². The number of halogens is 1. The van der Waals surface area contributed by atoms with Crippen LogP contribution in [0.2, 0.25) is 0 Å². The summed E-state index contributed by atoms with van der Waals surface area (Å²) in [5.41, 5.74) is 0. The first-order valence-electron chi connectivity index (χ1n) is 0.447. The summed E-state index contributed by atoms with van der Waals surface area (Å²) in [4.78, 5) is 0. The maximum atomic E-state index is 7.18. The van der Waals surface area contributed by atoms with Gasteiger partial charge in [0.2, 0.25) is 0 Å². The van der Waals surface area contributed by atoms with Gasteiger partial charge in [-0.25, -0.2) is 0 Å². The molecule has 0 atom stereocenters. The Morgan fingerprint density at radius 3 is 1.50 bits per heavy atom. The molecular formula is CH2IK2NS. The summed E-state index contributed by atoms with van der Waals surface area (Å²) in [7, 11) is 0. The molecule has 5 heteroatoms. The van der Waals surface area contributed by atoms with Crippen molar-refractivity contribution in [3.63, 3.8) is 0 Å². The third-order valence-electron chi connectivity index (χ3n) is 0. The number of nitriles is 1. The second-order valence-electron chi connectivity index (χ2n) is 0.100. The second-order valence-corrected chi connectivity index (χ2v) is 0.300. The molecule has 0 amide bonds. The van der Waals surface area contributed by atoms with E-state index in [1.165, 1.54) is 5.40 Å². The summed E-state index contributed by atoms with van der Waals surface area (Å²) >= 11 is 3.09. The van der Waals surface area contributed by atoms with Gasteiger partial charge in [-0.05, 0) is 0 Å². The Balaban J connectivity index is -0.00000000333. The molecule has 1 nitrogen and oxygen atoms in total. The summed E-state index contributed by atoms with van der Waals surface area (Å²) in [6, 6.07) is 0. The predicted molar refractivity (Wildman–Crippen MR) is 15.7 cm³/mol. The number of rotatable bonds is 0. The Hall–Kier alpha value is 3.84. The normalized spacial score (nSPS) is 1.33. The standard InChI is InChI=1S/CHNS.HI.2K.H/c2-1-3;;;;/h3H;1H;;;/q;;2*+1;-1/p-1. The fraction of sp³-hybridized carbons (Fsp3) is 0. The molecular weight excluding hydrogens is 263 g/mol. The minimum absolute atomic E-state index is 0. The molecule has 0 aliphatic carbocycles. The van der Waals surface area contributed by atoms with Crippen molar-refractivity contribution in [1.29, 1.82) is 5.26 Å². The van der Waals surface area contributed by atoms with Crippen molar-refractivity contribution in [1.82, 2.24) is 0 Å². The van der Waals surface area contributed by atoms with E-state index in [0.29, 0.717) is 0 Å². The van der Waals surface area contributed by atoms with E-state index in [0.717, 1.165) is 0 Å². The van der Waals surface area contributed by atoms with Gasteiger partial charge in [0.1, 0.15) is 5.40 Å². The molecule has 0 aromatic carbocycles. The van der Waals surface area contributed by atoms with Gasteiger partial charge in [-0.3, -0.25) is 0 Å². The van der Waals surface area contributed by atoms with E-state index < -0.39 is 0 Å². The maximum Gasteiger partial charge on any atom is 1.00 e. The molecule has 0 saturated heterocycles. The molecule has 0 N–H and O–H groups in total. The zero-order valence-corrected chi connectivity index (χ0v) is 13.1. The van der Waals surface area contributed by atoms with Crippen molar-refractivity contribution >= 4 is 12.6 Å². The van der Waals surface area contributed by atoms with E-state index in [1.54, 1.807) is 0 Å². The zero-order valence-electron chi connectivity index (χ0n) is 4.77. The molecule has 0 heterocycles. The quantitative estimate of drug-likeness (QED) is 0.200. The number of thiocyanates is 1. The van der Waals surface area contributed by atoms with E-state index in [4.69, 9.17) is 5.26 Å². The van der Waals surface area contributed by atoms with Crippen LogP contribution in [-0.4, -0.2) is 0 Å². The fourth-order valence-corrected chi connectivity index (χ4v) is 0. The SMILES string of the molecule is N#CS.[H-].[I-].[K+].[K+]. The average Bonchev–Trinajstić information content (AvgIpc) is 0.918. The number of nitrogens with zero attached hydrogens (tertiary/aromatic N) is 1. The second kappa shape index (κ2) is 23.2. The van der Waals surface area contributed by atoms with Crippen LogP contribution in [0.4, 0.5) is 0 Å². The molecule has 0 aromatic rings. The number of thiol groups is 1. The van der Waals surface area contributed by atoms with Crippen LogP contribution >= 0.6 is 12.6 Å². The molecule has 6 heavy (non-hydrogen) atoms. The molecule has 0 saturated carbocycles. The Bertz CT molecular complexity index is 39.2. The molecule has 0 unspecified atom stereocenters. The molecule has 0 bridgehead atoms. The van der Waals surface area contributed by atoms with E-state index in [-0.39, 0.29) is 128 Å². The molecule has 0 radical (unpaired) electrons. The minimum atomic E-state index is 0. The first kappa shape index (κ1) is 22.5. The first-order chi connectivity index (χ1) is 1.41. The molecule has 0 aliphatic heterocycles. The summed E-state index contributed by atoms with van der Waals surface area (Å²) in [6.45, 7) is 0. The van der Waals surface area contributed by atoms with Gasteiger partial charge in [0, 0.05) is 0 Å². The molecule has 26 valence electrons. The summed E-state index contributed by atoms with van der Waals surface area (Å²) in [5, 5.41) is 8.63. The van der Waals surface area contributed by atoms with Gasteiger partial charge in [0.25, 0.3) is 0 Å². The molecule has 0 aliphatic rings. The van der Waals surface area contributed by atoms with E-state index >= 15 is 0 Å². The van der Waals surface area contributed by atoms with Crippen LogP contribution in [0.5, 0.6) is 0 Å². The smallest absolute Gasteiger partial charge is 1.00 e. The topological polar surface area (TPSA) is 23.8 Å². The molecule has 0 fully saturated rings. The largest absolute Gasteiger partial charge is 1.00 e. The van der Waals surface area contributed by atoms with Gasteiger partial charge >= 0.3 is 103 Å². The van der Waals surface area contributed by atoms with Crippen LogP contribution in [-0.2, 0) is 0 Å². The van der Waals surface area contributed by atoms with Crippen LogP contribution < -0.4 is 127 Å². The van der Waals surface area contributed by atoms with Crippen molar-refractivity contribution in [3.8, 4) is 5.40 Å². The van der Waals surface area contributed by atoms with Crippen LogP contribution in [0.1, 0.15) is 1.43 Å². The Morgan fingerprint density at radius 1 is 1.50 bits per heavy atom. The average molecular weight is 265 g/mol. The third kappa shape index (κ3) is 24.9. The van der Waals surface area contributed by atoms with E-state index in [9.17, 15) is 0 Å². The minimum Gasteiger partial charge on any atom is -1.00 e. The Labute approximate surface area is 147 Å². The summed E-state index contributed by atoms with van der Waals surface area (Å²) in [5.74, 6) is 0. The van der Waals surface area contributed by atoms with Crippen molar-refractivity contribution in [3.05, 3.63) is 0 Å². The number of hydrogen-bond acceptors (Lipinski definition) is 2. The van der Waals surface area contributed by atoms with E-state index in [1.807, 2.05) is 0 Å². The first-order valence-corrected chi connectivity index (χ1v) is 0.894. The molecule has 0 aromatic heterocycles. The van der Waals surface area contributed by atoms with Crippen LogP contribution in [0, 0.1) is 10.7 Å². The van der Waals surface area contributed by atoms with Gasteiger partial charge in [-0.1, -0.05) is 12.6 Å². The van der Waals surface area contributed by atoms with Crippen molar-refractivity contribution in [2.75, 3.05) is 0 Å². The van der Waals surface area contributed by atoms with Crippen molar-refractivity contribution in [2.45, 2.75) is 0 Å². The molecule has 0 rings (SSSR count). The number of hydrogen-bond donors (Lipinski definition) is 1. The maximum absolute atomic E-state index is 7.18. The monoisotopic (exact) mass is 265 g/mol. The fourth-order valence-electron chi connectivity index (χ4n) is 0. The van der Waals surface area contributed by atoms with Crippen LogP contribution in [0.15, 0.2) is 0 Å². The van der Waals surface area contributed by atoms with Crippen molar-refractivity contribution in [2.24, 2.45) is 0 Å². The Kier molecular flexibility index (Phi) is 87.1. The third-order valence-corrected chi connectivity index (χ3v) is 0.